The number of anilines is 1. The third-order valence-electron chi connectivity index (χ3n) is 5.33. The Bertz CT molecular complexity index is 1370. The topological polar surface area (TPSA) is 64.0 Å². The van der Waals surface area contributed by atoms with E-state index in [9.17, 15) is 9.59 Å². The van der Waals surface area contributed by atoms with Crippen molar-refractivity contribution in [1.29, 1.82) is 0 Å². The maximum atomic E-state index is 13.5. The van der Waals surface area contributed by atoms with Crippen molar-refractivity contribution in [2.75, 3.05) is 11.1 Å². The van der Waals surface area contributed by atoms with Gasteiger partial charge in [0.15, 0.2) is 5.16 Å². The lowest BCUT2D eigenvalue weighted by atomic mass is 10.1. The molecule has 5 nitrogen and oxygen atoms in total. The number of halogens is 1. The standard InChI is InChI=1S/C24H22ClN3O2S2/c1-13-6-5-7-14(2)21(13)26-19(29)12-31-24-27-22-20(15(3)16(4)32-22)23(30)28(24)18-10-8-17(25)9-11-18/h5-11H,12H2,1-4H3,(H,26,29). The number of hydrogen-bond acceptors (Lipinski definition) is 5. The molecule has 0 radical (unpaired) electrons. The second-order valence-corrected chi connectivity index (χ2v) is 10.2. The zero-order valence-electron chi connectivity index (χ0n) is 18.2. The van der Waals surface area contributed by atoms with E-state index in [1.807, 2.05) is 45.9 Å². The molecule has 8 heteroatoms. The molecule has 0 aliphatic carbocycles. The van der Waals surface area contributed by atoms with Crippen molar-refractivity contribution in [1.82, 2.24) is 9.55 Å². The van der Waals surface area contributed by atoms with E-state index in [0.29, 0.717) is 26.1 Å². The van der Waals surface area contributed by atoms with Crippen molar-refractivity contribution in [2.24, 2.45) is 0 Å². The van der Waals surface area contributed by atoms with Gasteiger partial charge in [0.1, 0.15) is 4.83 Å². The van der Waals surface area contributed by atoms with Crippen molar-refractivity contribution in [2.45, 2.75) is 32.9 Å². The second-order valence-electron chi connectivity index (χ2n) is 7.58. The highest BCUT2D eigenvalue weighted by molar-refractivity contribution is 7.99. The molecule has 4 rings (SSSR count). The van der Waals surface area contributed by atoms with Crippen molar-refractivity contribution in [3.05, 3.63) is 79.4 Å². The fourth-order valence-electron chi connectivity index (χ4n) is 3.51. The number of thiophene rings is 1. The van der Waals surface area contributed by atoms with Crippen LogP contribution < -0.4 is 10.9 Å². The van der Waals surface area contributed by atoms with Crippen LogP contribution in [-0.4, -0.2) is 21.2 Å². The van der Waals surface area contributed by atoms with Gasteiger partial charge >= 0.3 is 0 Å². The summed E-state index contributed by atoms with van der Waals surface area (Å²) in [7, 11) is 0. The van der Waals surface area contributed by atoms with E-state index in [2.05, 4.69) is 5.32 Å². The predicted octanol–water partition coefficient (Wildman–Crippen LogP) is 6.07. The molecule has 1 amide bonds. The van der Waals surface area contributed by atoms with Crippen LogP contribution in [0.15, 0.2) is 52.4 Å². The summed E-state index contributed by atoms with van der Waals surface area (Å²) in [6.07, 6.45) is 0. The Morgan fingerprint density at radius 3 is 2.41 bits per heavy atom. The van der Waals surface area contributed by atoms with Crippen LogP contribution in [0.2, 0.25) is 5.02 Å². The lowest BCUT2D eigenvalue weighted by Crippen LogP contribution is -2.23. The van der Waals surface area contributed by atoms with Gasteiger partial charge in [-0.15, -0.1) is 11.3 Å². The number of carbonyl (C=O) groups is 1. The molecule has 0 fully saturated rings. The van der Waals surface area contributed by atoms with Crippen molar-refractivity contribution in [3.8, 4) is 5.69 Å². The molecule has 0 aliphatic heterocycles. The molecule has 2 aromatic heterocycles. The first-order chi connectivity index (χ1) is 15.3. The van der Waals surface area contributed by atoms with Crippen LogP contribution in [0, 0.1) is 27.7 Å². The van der Waals surface area contributed by atoms with E-state index in [1.54, 1.807) is 28.8 Å². The van der Waals surface area contributed by atoms with Gasteiger partial charge in [0.25, 0.3) is 5.56 Å². The first-order valence-corrected chi connectivity index (χ1v) is 12.2. The van der Waals surface area contributed by atoms with E-state index < -0.39 is 0 Å². The summed E-state index contributed by atoms with van der Waals surface area (Å²) >= 11 is 8.79. The average molecular weight is 484 g/mol. The fraction of sp³-hybridized carbons (Fsp3) is 0.208. The molecule has 0 atom stereocenters. The van der Waals surface area contributed by atoms with Gasteiger partial charge in [-0.2, -0.15) is 0 Å². The van der Waals surface area contributed by atoms with E-state index in [4.69, 9.17) is 16.6 Å². The zero-order valence-corrected chi connectivity index (χ0v) is 20.5. The molecule has 2 aromatic carbocycles. The summed E-state index contributed by atoms with van der Waals surface area (Å²) < 4.78 is 1.56. The van der Waals surface area contributed by atoms with Crippen molar-refractivity contribution >= 4 is 56.5 Å². The Morgan fingerprint density at radius 2 is 1.75 bits per heavy atom. The fourth-order valence-corrected chi connectivity index (χ4v) is 5.52. The Hall–Kier alpha value is -2.61. The number of thioether (sulfide) groups is 1. The zero-order chi connectivity index (χ0) is 23.0. The van der Waals surface area contributed by atoms with E-state index in [1.165, 1.54) is 23.1 Å². The van der Waals surface area contributed by atoms with Crippen molar-refractivity contribution in [3.63, 3.8) is 0 Å². The molecule has 0 spiro atoms. The summed E-state index contributed by atoms with van der Waals surface area (Å²) in [6.45, 7) is 7.85. The number of carbonyl (C=O) groups excluding carboxylic acids is 1. The Morgan fingerprint density at radius 1 is 1.09 bits per heavy atom. The molecule has 0 saturated carbocycles. The molecule has 0 unspecified atom stereocenters. The molecule has 32 heavy (non-hydrogen) atoms. The third-order valence-corrected chi connectivity index (χ3v) is 7.63. The number of rotatable bonds is 5. The summed E-state index contributed by atoms with van der Waals surface area (Å²) in [5.74, 6) is -0.0224. The molecular weight excluding hydrogens is 462 g/mol. The van der Waals surface area contributed by atoms with E-state index >= 15 is 0 Å². The normalized spacial score (nSPS) is 11.2. The largest absolute Gasteiger partial charge is 0.325 e. The lowest BCUT2D eigenvalue weighted by Gasteiger charge is -2.14. The van der Waals surface area contributed by atoms with Crippen LogP contribution in [0.1, 0.15) is 21.6 Å². The van der Waals surface area contributed by atoms with Crippen LogP contribution in [0.25, 0.3) is 15.9 Å². The number of fused-ring (bicyclic) bond motifs is 1. The van der Waals surface area contributed by atoms with E-state index in [0.717, 1.165) is 27.3 Å². The molecule has 1 N–H and O–H groups in total. The summed E-state index contributed by atoms with van der Waals surface area (Å²) in [4.78, 5) is 32.7. The summed E-state index contributed by atoms with van der Waals surface area (Å²) in [5, 5.41) is 4.67. The van der Waals surface area contributed by atoms with Crippen LogP contribution in [0.5, 0.6) is 0 Å². The van der Waals surface area contributed by atoms with Gasteiger partial charge < -0.3 is 5.32 Å². The lowest BCUT2D eigenvalue weighted by molar-refractivity contribution is -0.113. The minimum absolute atomic E-state index is 0.128. The molecule has 0 bridgehead atoms. The minimum atomic E-state index is -0.150. The van der Waals surface area contributed by atoms with Gasteiger partial charge in [-0.1, -0.05) is 41.6 Å². The Balaban J connectivity index is 1.71. The number of hydrogen-bond donors (Lipinski definition) is 1. The number of benzene rings is 2. The van der Waals surface area contributed by atoms with Gasteiger partial charge in [0.2, 0.25) is 5.91 Å². The van der Waals surface area contributed by atoms with E-state index in [-0.39, 0.29) is 17.2 Å². The molecule has 2 heterocycles. The first kappa shape index (κ1) is 22.6. The minimum Gasteiger partial charge on any atom is -0.325 e. The van der Waals surface area contributed by atoms with Gasteiger partial charge in [-0.3, -0.25) is 14.2 Å². The summed E-state index contributed by atoms with van der Waals surface area (Å²) in [6, 6.07) is 12.9. The number of nitrogens with one attached hydrogen (secondary N) is 1. The molecule has 0 saturated heterocycles. The quantitative estimate of drug-likeness (QED) is 0.276. The maximum absolute atomic E-state index is 13.5. The molecule has 0 aliphatic rings. The molecule has 4 aromatic rings. The smallest absolute Gasteiger partial charge is 0.267 e. The van der Waals surface area contributed by atoms with Gasteiger partial charge in [-0.05, 0) is 68.7 Å². The monoisotopic (exact) mass is 483 g/mol. The number of aromatic nitrogens is 2. The van der Waals surface area contributed by atoms with Crippen molar-refractivity contribution < 1.29 is 4.79 Å². The molecule has 164 valence electrons. The highest BCUT2D eigenvalue weighted by atomic mass is 35.5. The first-order valence-electron chi connectivity index (χ1n) is 10.0. The Labute approximate surface area is 199 Å². The number of nitrogens with zero attached hydrogens (tertiary/aromatic N) is 2. The highest BCUT2D eigenvalue weighted by Crippen LogP contribution is 2.30. The number of para-hydroxylation sites is 1. The average Bonchev–Trinajstić information content (AvgIpc) is 3.04. The highest BCUT2D eigenvalue weighted by Gasteiger charge is 2.19. The van der Waals surface area contributed by atoms with Gasteiger partial charge in [-0.25, -0.2) is 4.98 Å². The second kappa shape index (κ2) is 9.10. The Kier molecular flexibility index (Phi) is 6.42. The predicted molar refractivity (Wildman–Crippen MR) is 135 cm³/mol. The molecular formula is C24H22ClN3O2S2. The third kappa shape index (κ3) is 4.33. The number of amides is 1. The maximum Gasteiger partial charge on any atom is 0.267 e. The number of aryl methyl sites for hydroxylation is 4. The van der Waals surface area contributed by atoms with Crippen LogP contribution in [0.4, 0.5) is 5.69 Å². The van der Waals surface area contributed by atoms with Crippen LogP contribution in [0.3, 0.4) is 0 Å². The van der Waals surface area contributed by atoms with Crippen LogP contribution >= 0.6 is 34.7 Å². The van der Waals surface area contributed by atoms with Gasteiger partial charge in [0, 0.05) is 15.6 Å². The summed E-state index contributed by atoms with van der Waals surface area (Å²) in [5.41, 5.74) is 4.29. The van der Waals surface area contributed by atoms with Gasteiger partial charge in [0.05, 0.1) is 16.8 Å². The van der Waals surface area contributed by atoms with Crippen LogP contribution in [-0.2, 0) is 4.79 Å². The SMILES string of the molecule is Cc1cccc(C)c1NC(=O)CSc1nc2sc(C)c(C)c2c(=O)n1-c1ccc(Cl)cc1.